The van der Waals surface area contributed by atoms with Gasteiger partial charge < -0.3 is 10.2 Å². The Hall–Kier alpha value is -2.72. The Morgan fingerprint density at radius 1 is 1.15 bits per heavy atom. The van der Waals surface area contributed by atoms with Crippen LogP contribution in [0, 0.1) is 11.3 Å². The Balaban J connectivity index is 1.29. The number of hydrogen-bond acceptors (Lipinski definition) is 7. The van der Waals surface area contributed by atoms with Gasteiger partial charge in [-0.3, -0.25) is 0 Å². The first-order valence-corrected chi connectivity index (χ1v) is 10.3. The summed E-state index contributed by atoms with van der Waals surface area (Å²) < 4.78 is 0. The number of anilines is 2. The molecule has 0 saturated carbocycles. The normalized spacial score (nSPS) is 17.1. The van der Waals surface area contributed by atoms with E-state index in [0.29, 0.717) is 11.6 Å². The van der Waals surface area contributed by atoms with Gasteiger partial charge >= 0.3 is 0 Å². The molecular formula is C20H20N6S. The molecule has 0 atom stereocenters. The highest BCUT2D eigenvalue weighted by atomic mass is 32.1. The number of fused-ring (bicyclic) bond motifs is 3. The van der Waals surface area contributed by atoms with Crippen molar-refractivity contribution in [2.75, 3.05) is 23.3 Å². The van der Waals surface area contributed by atoms with Crippen LogP contribution in [0.5, 0.6) is 0 Å². The minimum Gasteiger partial charge on any atom is -0.367 e. The van der Waals surface area contributed by atoms with Crippen LogP contribution in [-0.4, -0.2) is 34.1 Å². The number of nitriles is 1. The Morgan fingerprint density at radius 3 is 2.81 bits per heavy atom. The maximum absolute atomic E-state index is 8.91. The molecular weight excluding hydrogens is 356 g/mol. The average molecular weight is 376 g/mol. The molecule has 6 nitrogen and oxygen atoms in total. The monoisotopic (exact) mass is 376 g/mol. The lowest BCUT2D eigenvalue weighted by atomic mass is 10.0. The van der Waals surface area contributed by atoms with Crippen LogP contribution >= 0.6 is 11.3 Å². The van der Waals surface area contributed by atoms with Crippen LogP contribution in [0.25, 0.3) is 10.2 Å². The van der Waals surface area contributed by atoms with Crippen LogP contribution in [0.2, 0.25) is 0 Å². The molecule has 1 fully saturated rings. The van der Waals surface area contributed by atoms with Gasteiger partial charge in [0.05, 0.1) is 10.9 Å². The third-order valence-corrected chi connectivity index (χ3v) is 6.74. The molecule has 0 bridgehead atoms. The van der Waals surface area contributed by atoms with E-state index < -0.39 is 0 Å². The minimum atomic E-state index is 0.412. The number of pyridine rings is 1. The fourth-order valence-electron chi connectivity index (χ4n) is 4.12. The number of aromatic nitrogens is 3. The molecule has 0 radical (unpaired) electrons. The zero-order valence-corrected chi connectivity index (χ0v) is 15.8. The van der Waals surface area contributed by atoms with Crippen LogP contribution in [0.3, 0.4) is 0 Å². The van der Waals surface area contributed by atoms with Crippen LogP contribution in [0.15, 0.2) is 24.7 Å². The van der Waals surface area contributed by atoms with Crippen LogP contribution in [0.4, 0.5) is 11.6 Å². The number of thiophene rings is 1. The second-order valence-corrected chi connectivity index (χ2v) is 8.27. The highest BCUT2D eigenvalue weighted by molar-refractivity contribution is 7.19. The van der Waals surface area contributed by atoms with Gasteiger partial charge in [-0.1, -0.05) is 0 Å². The first-order valence-electron chi connectivity index (χ1n) is 9.44. The lowest BCUT2D eigenvalue weighted by Gasteiger charge is -2.33. The number of hydrogen-bond donors (Lipinski definition) is 1. The molecule has 1 N–H and O–H groups in total. The fraction of sp³-hybridized carbons (Fsp3) is 0.400. The summed E-state index contributed by atoms with van der Waals surface area (Å²) in [6.45, 7) is 1.90. The highest BCUT2D eigenvalue weighted by Gasteiger charge is 2.24. The van der Waals surface area contributed by atoms with Crippen molar-refractivity contribution in [2.24, 2.45) is 0 Å². The third-order valence-electron chi connectivity index (χ3n) is 5.54. The smallest absolute Gasteiger partial charge is 0.138 e. The lowest BCUT2D eigenvalue weighted by molar-refractivity contribution is 0.523. The van der Waals surface area contributed by atoms with Crippen molar-refractivity contribution in [1.29, 1.82) is 5.26 Å². The summed E-state index contributed by atoms with van der Waals surface area (Å²) in [5.41, 5.74) is 2.07. The summed E-state index contributed by atoms with van der Waals surface area (Å²) in [4.78, 5) is 18.4. The molecule has 3 aromatic heterocycles. The molecule has 1 aliphatic heterocycles. The molecule has 3 aromatic rings. The molecule has 1 saturated heterocycles. The Kier molecular flexibility index (Phi) is 4.13. The predicted octanol–water partition coefficient (Wildman–Crippen LogP) is 3.53. The summed E-state index contributed by atoms with van der Waals surface area (Å²) >= 11 is 1.83. The second kappa shape index (κ2) is 6.78. The lowest BCUT2D eigenvalue weighted by Crippen LogP contribution is -2.39. The highest BCUT2D eigenvalue weighted by Crippen LogP contribution is 2.39. The van der Waals surface area contributed by atoms with Gasteiger partial charge in [0.1, 0.15) is 28.9 Å². The second-order valence-electron chi connectivity index (χ2n) is 7.18. The van der Waals surface area contributed by atoms with Crippen LogP contribution in [0.1, 0.15) is 35.3 Å². The first kappa shape index (κ1) is 16.5. The van der Waals surface area contributed by atoms with Crippen molar-refractivity contribution >= 4 is 33.2 Å². The summed E-state index contributed by atoms with van der Waals surface area (Å²) in [5, 5.41) is 13.9. The van der Waals surface area contributed by atoms with E-state index in [9.17, 15) is 0 Å². The SMILES string of the molecule is N#Cc1ccc(N2CCC(Nc3ncnc4sc5c(c34)CCC5)CC2)nc1. The zero-order valence-electron chi connectivity index (χ0n) is 15.0. The summed E-state index contributed by atoms with van der Waals surface area (Å²) in [6, 6.07) is 6.31. The number of nitrogens with zero attached hydrogens (tertiary/aromatic N) is 5. The van der Waals surface area contributed by atoms with Gasteiger partial charge in [0, 0.05) is 30.2 Å². The topological polar surface area (TPSA) is 77.7 Å². The molecule has 1 aliphatic carbocycles. The molecule has 0 amide bonds. The van der Waals surface area contributed by atoms with E-state index >= 15 is 0 Å². The Bertz CT molecular complexity index is 1010. The predicted molar refractivity (Wildman–Crippen MR) is 107 cm³/mol. The number of nitrogens with one attached hydrogen (secondary N) is 1. The van der Waals surface area contributed by atoms with Gasteiger partial charge in [-0.15, -0.1) is 11.3 Å². The van der Waals surface area contributed by atoms with Gasteiger partial charge in [-0.2, -0.15) is 5.26 Å². The maximum atomic E-state index is 8.91. The van der Waals surface area contributed by atoms with E-state index in [4.69, 9.17) is 5.26 Å². The van der Waals surface area contributed by atoms with Crippen molar-refractivity contribution < 1.29 is 0 Å². The largest absolute Gasteiger partial charge is 0.367 e. The van der Waals surface area contributed by atoms with E-state index in [1.165, 1.54) is 28.7 Å². The average Bonchev–Trinajstić information content (AvgIpc) is 3.30. The standard InChI is InChI=1S/C20H20N6S/c21-10-13-4-5-17(22-11-13)26-8-6-14(7-9-26)25-19-18-15-2-1-3-16(15)27-20(18)24-12-23-19/h4-5,11-12,14H,1-3,6-9H2,(H,23,24,25). The zero-order chi connectivity index (χ0) is 18.2. The quantitative estimate of drug-likeness (QED) is 0.753. The minimum absolute atomic E-state index is 0.412. The molecule has 4 heterocycles. The summed E-state index contributed by atoms with van der Waals surface area (Å²) in [6.07, 6.45) is 9.01. The molecule has 0 spiro atoms. The molecule has 136 valence electrons. The molecule has 0 unspecified atom stereocenters. The number of piperidine rings is 1. The maximum Gasteiger partial charge on any atom is 0.138 e. The Labute approximate surface area is 161 Å². The van der Waals surface area contributed by atoms with Crippen molar-refractivity contribution in [3.8, 4) is 6.07 Å². The third kappa shape index (κ3) is 3.00. The van der Waals surface area contributed by atoms with Crippen LogP contribution < -0.4 is 10.2 Å². The molecule has 5 rings (SSSR count). The van der Waals surface area contributed by atoms with E-state index in [1.807, 2.05) is 23.5 Å². The molecule has 0 aromatic carbocycles. The van der Waals surface area contributed by atoms with Crippen LogP contribution in [-0.2, 0) is 12.8 Å². The number of rotatable bonds is 3. The van der Waals surface area contributed by atoms with Gasteiger partial charge in [0.2, 0.25) is 0 Å². The molecule has 27 heavy (non-hydrogen) atoms. The van der Waals surface area contributed by atoms with E-state index in [0.717, 1.165) is 48.8 Å². The molecule has 2 aliphatic rings. The van der Waals surface area contributed by atoms with Gasteiger partial charge in [0.25, 0.3) is 0 Å². The summed E-state index contributed by atoms with van der Waals surface area (Å²) in [7, 11) is 0. The summed E-state index contributed by atoms with van der Waals surface area (Å²) in [5.74, 6) is 1.96. The van der Waals surface area contributed by atoms with Crippen molar-refractivity contribution in [2.45, 2.75) is 38.1 Å². The Morgan fingerprint density at radius 2 is 2.04 bits per heavy atom. The van der Waals surface area contributed by atoms with Gasteiger partial charge in [-0.05, 0) is 49.8 Å². The first-order chi connectivity index (χ1) is 13.3. The van der Waals surface area contributed by atoms with Crippen molar-refractivity contribution in [3.63, 3.8) is 0 Å². The molecule has 7 heteroatoms. The van der Waals surface area contributed by atoms with Gasteiger partial charge in [0.15, 0.2) is 0 Å². The van der Waals surface area contributed by atoms with E-state index in [-0.39, 0.29) is 0 Å². The van der Waals surface area contributed by atoms with Crippen molar-refractivity contribution in [3.05, 3.63) is 40.7 Å². The van der Waals surface area contributed by atoms with Crippen molar-refractivity contribution in [1.82, 2.24) is 15.0 Å². The van der Waals surface area contributed by atoms with Gasteiger partial charge in [-0.25, -0.2) is 15.0 Å². The fourth-order valence-corrected chi connectivity index (χ4v) is 5.35. The number of aryl methyl sites for hydroxylation is 2. The van der Waals surface area contributed by atoms with E-state index in [2.05, 4.69) is 31.2 Å². The van der Waals surface area contributed by atoms with E-state index in [1.54, 1.807) is 12.5 Å².